The number of anilines is 2. The van der Waals surface area contributed by atoms with Gasteiger partial charge < -0.3 is 10.6 Å². The van der Waals surface area contributed by atoms with E-state index in [2.05, 4.69) is 30.9 Å². The number of hydrogen-bond donors (Lipinski definition) is 1. The zero-order valence-corrected chi connectivity index (χ0v) is 10.4. The first-order valence-electron chi connectivity index (χ1n) is 6.31. The molecule has 0 radical (unpaired) electrons. The third-order valence-electron chi connectivity index (χ3n) is 3.55. The summed E-state index contributed by atoms with van der Waals surface area (Å²) in [7, 11) is 0. The Morgan fingerprint density at radius 1 is 1.25 bits per heavy atom. The van der Waals surface area contributed by atoms with Crippen molar-refractivity contribution in [1.82, 2.24) is 0 Å². The average Bonchev–Trinajstić information content (AvgIpc) is 2.47. The number of nitrogen functional groups attached to an aromatic ring is 1. The van der Waals surface area contributed by atoms with Crippen LogP contribution in [-0.4, -0.2) is 12.6 Å². The number of nitrogens with two attached hydrogens (primary N) is 1. The molecule has 2 N–H and O–H groups in total. The van der Waals surface area contributed by atoms with E-state index in [0.29, 0.717) is 6.04 Å². The van der Waals surface area contributed by atoms with Gasteiger partial charge in [0.05, 0.1) is 11.4 Å². The summed E-state index contributed by atoms with van der Waals surface area (Å²) in [6.45, 7) is 5.59. The molecule has 2 nitrogen and oxygen atoms in total. The van der Waals surface area contributed by atoms with Gasteiger partial charge in [-0.25, -0.2) is 0 Å². The molecule has 1 saturated heterocycles. The van der Waals surface area contributed by atoms with Crippen LogP contribution >= 0.6 is 0 Å². The standard InChI is InChI=1S/C14H22N2/c1-11-7-8-13(15)14(10-11)16-9-5-3-4-6-12(16)2/h7-8,10,12H,3-6,9,15H2,1-2H3. The summed E-state index contributed by atoms with van der Waals surface area (Å²) >= 11 is 0. The van der Waals surface area contributed by atoms with Gasteiger partial charge in [0.15, 0.2) is 0 Å². The molecule has 1 fully saturated rings. The number of rotatable bonds is 1. The normalized spacial score (nSPS) is 21.9. The van der Waals surface area contributed by atoms with E-state index in [9.17, 15) is 0 Å². The van der Waals surface area contributed by atoms with E-state index in [4.69, 9.17) is 5.73 Å². The molecule has 1 unspecified atom stereocenters. The second-order valence-corrected chi connectivity index (χ2v) is 4.95. The van der Waals surface area contributed by atoms with Gasteiger partial charge in [-0.15, -0.1) is 0 Å². The summed E-state index contributed by atoms with van der Waals surface area (Å²) in [6.07, 6.45) is 5.28. The Bertz CT molecular complexity index is 360. The minimum Gasteiger partial charge on any atom is -0.397 e. The molecule has 1 aliphatic rings. The minimum atomic E-state index is 0.617. The van der Waals surface area contributed by atoms with Gasteiger partial charge in [0, 0.05) is 12.6 Å². The Balaban J connectivity index is 2.29. The predicted molar refractivity (Wildman–Crippen MR) is 70.9 cm³/mol. The maximum Gasteiger partial charge on any atom is 0.0604 e. The smallest absolute Gasteiger partial charge is 0.0604 e. The molecule has 0 saturated carbocycles. The van der Waals surface area contributed by atoms with Crippen LogP contribution in [0.4, 0.5) is 11.4 Å². The SMILES string of the molecule is Cc1ccc(N)c(N2CCCCCC2C)c1. The fourth-order valence-electron chi connectivity index (χ4n) is 2.54. The van der Waals surface area contributed by atoms with Crippen molar-refractivity contribution < 1.29 is 0 Å². The first-order valence-corrected chi connectivity index (χ1v) is 6.31. The molecule has 1 aliphatic heterocycles. The van der Waals surface area contributed by atoms with Crippen molar-refractivity contribution in [1.29, 1.82) is 0 Å². The zero-order chi connectivity index (χ0) is 11.5. The van der Waals surface area contributed by atoms with Crippen molar-refractivity contribution in [3.8, 4) is 0 Å². The number of hydrogen-bond acceptors (Lipinski definition) is 2. The fourth-order valence-corrected chi connectivity index (χ4v) is 2.54. The first kappa shape index (κ1) is 11.3. The van der Waals surface area contributed by atoms with Gasteiger partial charge in [0.25, 0.3) is 0 Å². The molecule has 1 aromatic carbocycles. The van der Waals surface area contributed by atoms with E-state index in [1.54, 1.807) is 0 Å². The van der Waals surface area contributed by atoms with Crippen LogP contribution in [-0.2, 0) is 0 Å². The van der Waals surface area contributed by atoms with Crippen LogP contribution in [0.15, 0.2) is 18.2 Å². The Morgan fingerprint density at radius 2 is 2.06 bits per heavy atom. The van der Waals surface area contributed by atoms with Gasteiger partial charge in [-0.1, -0.05) is 18.9 Å². The maximum atomic E-state index is 6.09. The molecule has 0 aromatic heterocycles. The summed E-state index contributed by atoms with van der Waals surface area (Å²) < 4.78 is 0. The number of benzene rings is 1. The van der Waals surface area contributed by atoms with Gasteiger partial charge in [0.2, 0.25) is 0 Å². The molecule has 2 rings (SSSR count). The lowest BCUT2D eigenvalue weighted by molar-refractivity contribution is 0.616. The van der Waals surface area contributed by atoms with E-state index >= 15 is 0 Å². The van der Waals surface area contributed by atoms with Crippen molar-refractivity contribution in [2.75, 3.05) is 17.2 Å². The van der Waals surface area contributed by atoms with Crippen LogP contribution in [0.3, 0.4) is 0 Å². The fraction of sp³-hybridized carbons (Fsp3) is 0.571. The molecule has 1 aromatic rings. The van der Waals surface area contributed by atoms with Crippen molar-refractivity contribution in [3.63, 3.8) is 0 Å². The lowest BCUT2D eigenvalue weighted by Gasteiger charge is -2.30. The van der Waals surface area contributed by atoms with Gasteiger partial charge in [-0.05, 0) is 44.4 Å². The van der Waals surface area contributed by atoms with E-state index in [0.717, 1.165) is 12.2 Å². The highest BCUT2D eigenvalue weighted by molar-refractivity contribution is 5.69. The molecule has 2 heteroatoms. The van der Waals surface area contributed by atoms with Gasteiger partial charge in [-0.2, -0.15) is 0 Å². The van der Waals surface area contributed by atoms with Crippen LogP contribution in [0.1, 0.15) is 38.2 Å². The van der Waals surface area contributed by atoms with Crippen LogP contribution in [0.2, 0.25) is 0 Å². The zero-order valence-electron chi connectivity index (χ0n) is 10.4. The molecule has 0 bridgehead atoms. The first-order chi connectivity index (χ1) is 7.68. The van der Waals surface area contributed by atoms with Crippen molar-refractivity contribution in [2.45, 2.75) is 45.6 Å². The topological polar surface area (TPSA) is 29.3 Å². The molecule has 1 atom stereocenters. The third kappa shape index (κ3) is 2.31. The summed E-state index contributed by atoms with van der Waals surface area (Å²) in [5, 5.41) is 0. The number of nitrogens with zero attached hydrogens (tertiary/aromatic N) is 1. The van der Waals surface area contributed by atoms with E-state index in [-0.39, 0.29) is 0 Å². The molecular formula is C14H22N2. The molecule has 0 aliphatic carbocycles. The highest BCUT2D eigenvalue weighted by atomic mass is 15.2. The van der Waals surface area contributed by atoms with Gasteiger partial charge in [0.1, 0.15) is 0 Å². The lowest BCUT2D eigenvalue weighted by Crippen LogP contribution is -2.33. The molecule has 16 heavy (non-hydrogen) atoms. The summed E-state index contributed by atoms with van der Waals surface area (Å²) in [6, 6.07) is 6.95. The third-order valence-corrected chi connectivity index (χ3v) is 3.55. The summed E-state index contributed by atoms with van der Waals surface area (Å²) in [4.78, 5) is 2.48. The maximum absolute atomic E-state index is 6.09. The highest BCUT2D eigenvalue weighted by Gasteiger charge is 2.18. The summed E-state index contributed by atoms with van der Waals surface area (Å²) in [5.41, 5.74) is 9.53. The highest BCUT2D eigenvalue weighted by Crippen LogP contribution is 2.29. The molecule has 0 spiro atoms. The Morgan fingerprint density at radius 3 is 2.88 bits per heavy atom. The Kier molecular flexibility index (Phi) is 3.37. The predicted octanol–water partition coefficient (Wildman–Crippen LogP) is 3.35. The molecular weight excluding hydrogens is 196 g/mol. The largest absolute Gasteiger partial charge is 0.397 e. The average molecular weight is 218 g/mol. The van der Waals surface area contributed by atoms with Gasteiger partial charge >= 0.3 is 0 Å². The molecule has 88 valence electrons. The van der Waals surface area contributed by atoms with Crippen molar-refractivity contribution >= 4 is 11.4 Å². The van der Waals surface area contributed by atoms with Crippen molar-refractivity contribution in [3.05, 3.63) is 23.8 Å². The number of aryl methyl sites for hydroxylation is 1. The van der Waals surface area contributed by atoms with E-state index < -0.39 is 0 Å². The Labute approximate surface area is 98.4 Å². The second kappa shape index (κ2) is 4.77. The van der Waals surface area contributed by atoms with E-state index in [1.807, 2.05) is 6.07 Å². The molecule has 1 heterocycles. The van der Waals surface area contributed by atoms with Crippen LogP contribution in [0.25, 0.3) is 0 Å². The minimum absolute atomic E-state index is 0.617. The van der Waals surface area contributed by atoms with Gasteiger partial charge in [-0.3, -0.25) is 0 Å². The monoisotopic (exact) mass is 218 g/mol. The summed E-state index contributed by atoms with van der Waals surface area (Å²) in [5.74, 6) is 0. The van der Waals surface area contributed by atoms with Crippen LogP contribution in [0, 0.1) is 6.92 Å². The lowest BCUT2D eigenvalue weighted by atomic mass is 10.1. The van der Waals surface area contributed by atoms with Crippen molar-refractivity contribution in [2.24, 2.45) is 0 Å². The van der Waals surface area contributed by atoms with Crippen LogP contribution < -0.4 is 10.6 Å². The molecule has 0 amide bonds. The van der Waals surface area contributed by atoms with E-state index in [1.165, 1.54) is 36.9 Å². The Hall–Kier alpha value is -1.18. The van der Waals surface area contributed by atoms with Crippen LogP contribution in [0.5, 0.6) is 0 Å². The second-order valence-electron chi connectivity index (χ2n) is 4.95. The quantitative estimate of drug-likeness (QED) is 0.732.